The number of carboxylic acids is 1. The highest BCUT2D eigenvalue weighted by molar-refractivity contribution is 5.86. The Morgan fingerprint density at radius 1 is 1.24 bits per heavy atom. The van der Waals surface area contributed by atoms with Crippen LogP contribution in [0.3, 0.4) is 0 Å². The lowest BCUT2D eigenvalue weighted by Gasteiger charge is -2.46. The molecule has 2 amide bonds. The van der Waals surface area contributed by atoms with Crippen LogP contribution in [-0.2, 0) is 4.79 Å². The van der Waals surface area contributed by atoms with Gasteiger partial charge in [-0.2, -0.15) is 0 Å². The molecule has 2 fully saturated rings. The van der Waals surface area contributed by atoms with Crippen molar-refractivity contribution in [2.24, 2.45) is 0 Å². The van der Waals surface area contributed by atoms with Crippen molar-refractivity contribution in [1.29, 1.82) is 0 Å². The van der Waals surface area contributed by atoms with Gasteiger partial charge >= 0.3 is 12.0 Å². The zero-order valence-electron chi connectivity index (χ0n) is 13.3. The lowest BCUT2D eigenvalue weighted by Crippen LogP contribution is -2.63. The Bertz CT molecular complexity index is 415. The van der Waals surface area contributed by atoms with Gasteiger partial charge in [0.15, 0.2) is 0 Å². The molecule has 6 heteroatoms. The molecule has 2 saturated heterocycles. The lowest BCUT2D eigenvalue weighted by atomic mass is 9.88. The Kier molecular flexibility index (Phi) is 4.76. The van der Waals surface area contributed by atoms with Crippen LogP contribution in [0.4, 0.5) is 4.79 Å². The van der Waals surface area contributed by atoms with Crippen LogP contribution in [0.2, 0.25) is 0 Å². The highest BCUT2D eigenvalue weighted by atomic mass is 16.4. The van der Waals surface area contributed by atoms with Crippen LogP contribution in [0.1, 0.15) is 40.0 Å². The molecule has 2 aliphatic rings. The zero-order valence-corrected chi connectivity index (χ0v) is 13.3. The van der Waals surface area contributed by atoms with Gasteiger partial charge in [-0.05, 0) is 39.7 Å². The first-order chi connectivity index (χ1) is 9.90. The summed E-state index contributed by atoms with van der Waals surface area (Å²) in [5.41, 5.74) is -1.06. The van der Waals surface area contributed by atoms with Crippen molar-refractivity contribution < 1.29 is 14.7 Å². The predicted molar refractivity (Wildman–Crippen MR) is 80.3 cm³/mol. The first kappa shape index (κ1) is 16.1. The minimum atomic E-state index is -1.06. The maximum absolute atomic E-state index is 12.8. The summed E-state index contributed by atoms with van der Waals surface area (Å²) in [6.07, 6.45) is 2.30. The normalized spacial score (nSPS) is 31.3. The number of carboxylic acid groups (broad SMARTS) is 1. The predicted octanol–water partition coefficient (Wildman–Crippen LogP) is 1.46. The minimum absolute atomic E-state index is 0.109. The minimum Gasteiger partial charge on any atom is -0.480 e. The molecule has 0 aromatic rings. The average molecular weight is 297 g/mol. The maximum atomic E-state index is 12.8. The summed E-state index contributed by atoms with van der Waals surface area (Å²) in [4.78, 5) is 30.1. The molecule has 6 nitrogen and oxygen atoms in total. The van der Waals surface area contributed by atoms with Gasteiger partial charge in [-0.15, -0.1) is 0 Å². The first-order valence-corrected chi connectivity index (χ1v) is 7.94. The van der Waals surface area contributed by atoms with Crippen molar-refractivity contribution in [3.05, 3.63) is 0 Å². The Morgan fingerprint density at radius 2 is 1.95 bits per heavy atom. The van der Waals surface area contributed by atoms with Crippen LogP contribution < -0.4 is 0 Å². The maximum Gasteiger partial charge on any atom is 0.329 e. The Hall–Kier alpha value is -1.30. The molecule has 2 atom stereocenters. The second-order valence-corrected chi connectivity index (χ2v) is 6.39. The highest BCUT2D eigenvalue weighted by Gasteiger charge is 2.45. The van der Waals surface area contributed by atoms with Crippen LogP contribution in [0.25, 0.3) is 0 Å². The van der Waals surface area contributed by atoms with Gasteiger partial charge in [-0.1, -0.05) is 6.92 Å². The van der Waals surface area contributed by atoms with Crippen molar-refractivity contribution in [1.82, 2.24) is 14.7 Å². The molecular weight excluding hydrogens is 270 g/mol. The van der Waals surface area contributed by atoms with Crippen LogP contribution in [0, 0.1) is 0 Å². The van der Waals surface area contributed by atoms with Crippen LogP contribution >= 0.6 is 0 Å². The van der Waals surface area contributed by atoms with Gasteiger partial charge < -0.3 is 14.9 Å². The van der Waals surface area contributed by atoms with Gasteiger partial charge in [0.05, 0.1) is 0 Å². The van der Waals surface area contributed by atoms with Gasteiger partial charge in [0.2, 0.25) is 0 Å². The number of hydrogen-bond donors (Lipinski definition) is 1. The monoisotopic (exact) mass is 297 g/mol. The van der Waals surface area contributed by atoms with Crippen molar-refractivity contribution in [3.63, 3.8) is 0 Å². The van der Waals surface area contributed by atoms with E-state index in [1.807, 2.05) is 4.90 Å². The summed E-state index contributed by atoms with van der Waals surface area (Å²) in [6.45, 7) is 9.68. The van der Waals surface area contributed by atoms with Crippen molar-refractivity contribution in [2.75, 3.05) is 32.7 Å². The average Bonchev–Trinajstić information content (AvgIpc) is 2.46. The van der Waals surface area contributed by atoms with E-state index in [2.05, 4.69) is 18.7 Å². The Labute approximate surface area is 126 Å². The molecule has 2 heterocycles. The fraction of sp³-hybridized carbons (Fsp3) is 0.867. The van der Waals surface area contributed by atoms with E-state index in [9.17, 15) is 14.7 Å². The first-order valence-electron chi connectivity index (χ1n) is 7.94. The number of amides is 2. The quantitative estimate of drug-likeness (QED) is 0.838. The summed E-state index contributed by atoms with van der Waals surface area (Å²) in [5, 5.41) is 9.53. The summed E-state index contributed by atoms with van der Waals surface area (Å²) < 4.78 is 0. The third-order valence-electron chi connectivity index (χ3n) is 5.02. The second kappa shape index (κ2) is 6.22. The Balaban J connectivity index is 2.10. The molecular formula is C15H27N3O3. The number of hydrogen-bond acceptors (Lipinski definition) is 3. The molecule has 1 N–H and O–H groups in total. The molecule has 0 bridgehead atoms. The standard InChI is InChI=1S/C15H27N3O3/c1-4-16-9-10-17(11-12(16)2)14(21)18-8-6-5-7-15(18,3)13(19)20/h12H,4-11H2,1-3H3,(H,19,20). The number of urea groups is 1. The fourth-order valence-corrected chi connectivity index (χ4v) is 3.46. The number of likely N-dealkylation sites (N-methyl/N-ethyl adjacent to an activating group) is 1. The fourth-order valence-electron chi connectivity index (χ4n) is 3.46. The van der Waals surface area contributed by atoms with E-state index < -0.39 is 11.5 Å². The van der Waals surface area contributed by atoms with Gasteiger partial charge in [-0.3, -0.25) is 4.90 Å². The van der Waals surface area contributed by atoms with Crippen molar-refractivity contribution in [3.8, 4) is 0 Å². The molecule has 2 aliphatic heterocycles. The molecule has 0 aromatic heterocycles. The van der Waals surface area contributed by atoms with E-state index in [1.165, 1.54) is 0 Å². The van der Waals surface area contributed by atoms with E-state index >= 15 is 0 Å². The summed E-state index contributed by atoms with van der Waals surface area (Å²) >= 11 is 0. The van der Waals surface area contributed by atoms with E-state index in [0.29, 0.717) is 32.1 Å². The summed E-state index contributed by atoms with van der Waals surface area (Å²) in [5.74, 6) is -0.893. The molecule has 21 heavy (non-hydrogen) atoms. The number of likely N-dealkylation sites (tertiary alicyclic amines) is 1. The van der Waals surface area contributed by atoms with Crippen molar-refractivity contribution >= 4 is 12.0 Å². The van der Waals surface area contributed by atoms with Gasteiger partial charge in [0.1, 0.15) is 5.54 Å². The summed E-state index contributed by atoms with van der Waals surface area (Å²) in [6, 6.07) is 0.218. The van der Waals surface area contributed by atoms with Gasteiger partial charge in [0.25, 0.3) is 0 Å². The lowest BCUT2D eigenvalue weighted by molar-refractivity contribution is -0.151. The van der Waals surface area contributed by atoms with E-state index in [0.717, 1.165) is 25.9 Å². The topological polar surface area (TPSA) is 64.1 Å². The Morgan fingerprint density at radius 3 is 2.52 bits per heavy atom. The largest absolute Gasteiger partial charge is 0.480 e. The molecule has 0 saturated carbocycles. The zero-order chi connectivity index (χ0) is 15.6. The molecule has 0 aliphatic carbocycles. The van der Waals surface area contributed by atoms with Crippen LogP contribution in [0.15, 0.2) is 0 Å². The number of aliphatic carboxylic acids is 1. The van der Waals surface area contributed by atoms with Crippen molar-refractivity contribution in [2.45, 2.75) is 51.6 Å². The number of piperidine rings is 1. The molecule has 120 valence electrons. The molecule has 0 radical (unpaired) electrons. The number of nitrogens with zero attached hydrogens (tertiary/aromatic N) is 3. The number of piperazine rings is 1. The number of carbonyl (C=O) groups excluding carboxylic acids is 1. The van der Waals surface area contributed by atoms with E-state index in [1.54, 1.807) is 11.8 Å². The number of rotatable bonds is 2. The third kappa shape index (κ3) is 3.00. The molecule has 0 spiro atoms. The van der Waals surface area contributed by atoms with Crippen LogP contribution in [0.5, 0.6) is 0 Å². The molecule has 2 unspecified atom stereocenters. The number of carbonyl (C=O) groups is 2. The van der Waals surface area contributed by atoms with Gasteiger partial charge in [-0.25, -0.2) is 9.59 Å². The molecule has 0 aromatic carbocycles. The van der Waals surface area contributed by atoms with E-state index in [-0.39, 0.29) is 6.03 Å². The van der Waals surface area contributed by atoms with Gasteiger partial charge in [0, 0.05) is 32.2 Å². The third-order valence-corrected chi connectivity index (χ3v) is 5.02. The smallest absolute Gasteiger partial charge is 0.329 e. The van der Waals surface area contributed by atoms with Crippen LogP contribution in [-0.4, -0.2) is 76.1 Å². The molecule has 2 rings (SSSR count). The van der Waals surface area contributed by atoms with E-state index in [4.69, 9.17) is 0 Å². The second-order valence-electron chi connectivity index (χ2n) is 6.39. The highest BCUT2D eigenvalue weighted by Crippen LogP contribution is 2.29. The SMILES string of the molecule is CCN1CCN(C(=O)N2CCCCC2(C)C(=O)O)CC1C. The summed E-state index contributed by atoms with van der Waals surface area (Å²) in [7, 11) is 0.